The minimum absolute atomic E-state index is 0.126. The van der Waals surface area contributed by atoms with Crippen LogP contribution in [0.1, 0.15) is 12.5 Å². The fourth-order valence-electron chi connectivity index (χ4n) is 3.75. The van der Waals surface area contributed by atoms with E-state index in [-0.39, 0.29) is 18.3 Å². The average molecular weight is 404 g/mol. The van der Waals surface area contributed by atoms with Crippen LogP contribution in [-0.4, -0.2) is 53.3 Å². The number of alkyl halides is 3. The molecule has 2 aliphatic rings. The van der Waals surface area contributed by atoms with Gasteiger partial charge in [-0.05, 0) is 24.6 Å². The summed E-state index contributed by atoms with van der Waals surface area (Å²) in [6.07, 6.45) is 0.492. The monoisotopic (exact) mass is 404 g/mol. The summed E-state index contributed by atoms with van der Waals surface area (Å²) in [5, 5.41) is 9.25. The van der Waals surface area contributed by atoms with Gasteiger partial charge in [-0.15, -0.1) is 0 Å². The van der Waals surface area contributed by atoms with E-state index in [1.807, 2.05) is 30.0 Å². The molecule has 1 aromatic carbocycles. The van der Waals surface area contributed by atoms with Crippen molar-refractivity contribution < 1.29 is 13.2 Å². The van der Waals surface area contributed by atoms with Crippen LogP contribution in [0.3, 0.4) is 0 Å². The van der Waals surface area contributed by atoms with Gasteiger partial charge < -0.3 is 20.9 Å². The van der Waals surface area contributed by atoms with Crippen molar-refractivity contribution in [2.45, 2.75) is 25.7 Å². The second kappa shape index (κ2) is 7.90. The fourth-order valence-corrected chi connectivity index (χ4v) is 3.75. The van der Waals surface area contributed by atoms with Crippen molar-refractivity contribution in [3.8, 4) is 0 Å². The Balaban J connectivity index is 1.59. The lowest BCUT2D eigenvalue weighted by Gasteiger charge is -2.39. The third-order valence-electron chi connectivity index (χ3n) is 5.11. The zero-order chi connectivity index (χ0) is 20.4. The van der Waals surface area contributed by atoms with Gasteiger partial charge in [0.15, 0.2) is 0 Å². The minimum atomic E-state index is -4.39. The van der Waals surface area contributed by atoms with E-state index in [9.17, 15) is 13.2 Å². The normalized spacial score (nSPS) is 20.5. The second-order valence-electron chi connectivity index (χ2n) is 7.30. The molecule has 29 heavy (non-hydrogen) atoms. The first-order chi connectivity index (χ1) is 13.9. The molecule has 1 atom stereocenters. The lowest BCUT2D eigenvalue weighted by molar-refractivity contribution is -0.0952. The maximum Gasteiger partial charge on any atom is 0.416 e. The Kier molecular flexibility index (Phi) is 5.31. The third kappa shape index (κ3) is 4.29. The lowest BCUT2D eigenvalue weighted by atomic mass is 10.0. The number of rotatable bonds is 4. The first-order valence-corrected chi connectivity index (χ1v) is 9.58. The first-order valence-electron chi connectivity index (χ1n) is 9.58. The molecule has 3 N–H and O–H groups in total. The molecule has 9 heteroatoms. The number of hydrogen-bond donors (Lipinski definition) is 3. The highest BCUT2D eigenvalue weighted by atomic mass is 19.4. The molecule has 1 unspecified atom stereocenters. The predicted molar refractivity (Wildman–Crippen MR) is 105 cm³/mol. The smallest absolute Gasteiger partial charge is 0.385 e. The van der Waals surface area contributed by atoms with Gasteiger partial charge in [0.1, 0.15) is 0 Å². The van der Waals surface area contributed by atoms with Crippen molar-refractivity contribution in [2.75, 3.05) is 26.2 Å². The van der Waals surface area contributed by atoms with Gasteiger partial charge in [0.2, 0.25) is 0 Å². The molecule has 1 aromatic heterocycles. The first kappa shape index (κ1) is 19.5. The van der Waals surface area contributed by atoms with Crippen molar-refractivity contribution in [3.05, 3.63) is 59.3 Å². The van der Waals surface area contributed by atoms with Gasteiger partial charge in [0.25, 0.3) is 0 Å². The summed E-state index contributed by atoms with van der Waals surface area (Å²) in [5.41, 5.74) is 2.61. The van der Waals surface area contributed by atoms with Crippen LogP contribution < -0.4 is 16.0 Å². The molecule has 0 saturated carbocycles. The highest BCUT2D eigenvalue weighted by Crippen LogP contribution is 2.34. The number of halogens is 3. The third-order valence-corrected chi connectivity index (χ3v) is 5.11. The summed E-state index contributed by atoms with van der Waals surface area (Å²) in [6.45, 7) is 3.85. The molecule has 4 rings (SSSR count). The molecule has 6 nitrogen and oxygen atoms in total. The van der Waals surface area contributed by atoms with Crippen LogP contribution in [0.2, 0.25) is 0 Å². The van der Waals surface area contributed by atoms with Crippen molar-refractivity contribution in [3.63, 3.8) is 0 Å². The minimum Gasteiger partial charge on any atom is -0.385 e. The summed E-state index contributed by atoms with van der Waals surface area (Å²) in [6, 6.07) is 5.79. The van der Waals surface area contributed by atoms with E-state index in [1.165, 1.54) is 0 Å². The van der Waals surface area contributed by atoms with Crippen LogP contribution in [0.4, 0.5) is 13.2 Å². The number of aromatic nitrogens is 2. The fraction of sp³-hybridized carbons (Fsp3) is 0.400. The van der Waals surface area contributed by atoms with E-state index in [2.05, 4.69) is 25.9 Å². The molecule has 0 aliphatic carbocycles. The molecule has 0 amide bonds. The molecule has 0 spiro atoms. The quantitative estimate of drug-likeness (QED) is 0.727. The Morgan fingerprint density at radius 2 is 2.00 bits per heavy atom. The summed E-state index contributed by atoms with van der Waals surface area (Å²) in [4.78, 5) is 10.4. The lowest BCUT2D eigenvalue weighted by Crippen LogP contribution is -2.51. The topological polar surface area (TPSA) is 65.1 Å². The number of fused-ring (bicyclic) bond motifs is 1. The van der Waals surface area contributed by atoms with E-state index in [0.717, 1.165) is 16.6 Å². The van der Waals surface area contributed by atoms with Gasteiger partial charge in [-0.25, -0.2) is 0 Å². The summed E-state index contributed by atoms with van der Waals surface area (Å²) < 4.78 is 41.2. The van der Waals surface area contributed by atoms with Crippen LogP contribution in [0.25, 0.3) is 11.0 Å². The second-order valence-corrected chi connectivity index (χ2v) is 7.30. The van der Waals surface area contributed by atoms with Crippen molar-refractivity contribution in [1.29, 1.82) is 0 Å². The Labute approximate surface area is 166 Å². The van der Waals surface area contributed by atoms with E-state index < -0.39 is 11.7 Å². The van der Waals surface area contributed by atoms with Crippen LogP contribution in [-0.2, 0) is 6.54 Å². The number of piperazine rings is 1. The zero-order valence-electron chi connectivity index (χ0n) is 16.1. The Morgan fingerprint density at radius 1 is 1.21 bits per heavy atom. The van der Waals surface area contributed by atoms with Crippen LogP contribution in [0, 0.1) is 0 Å². The van der Waals surface area contributed by atoms with Crippen LogP contribution in [0.5, 0.6) is 0 Å². The molecule has 1 saturated heterocycles. The Morgan fingerprint density at radius 3 is 2.76 bits per heavy atom. The van der Waals surface area contributed by atoms with E-state index in [0.29, 0.717) is 31.9 Å². The molecule has 2 aliphatic heterocycles. The SMILES string of the molecule is CC1CN(C2=C(C(F)(F)F)CNC=C2NCc2ccc3nccnc3c2)CCN1. The highest BCUT2D eigenvalue weighted by Gasteiger charge is 2.40. The predicted octanol–water partition coefficient (Wildman–Crippen LogP) is 2.27. The number of benzene rings is 1. The van der Waals surface area contributed by atoms with Crippen molar-refractivity contribution in [1.82, 2.24) is 30.8 Å². The van der Waals surface area contributed by atoms with Gasteiger partial charge >= 0.3 is 6.18 Å². The van der Waals surface area contributed by atoms with Gasteiger partial charge in [0.05, 0.1) is 28.0 Å². The molecule has 1 fully saturated rings. The highest BCUT2D eigenvalue weighted by molar-refractivity contribution is 5.74. The molecule has 0 bridgehead atoms. The molecular weight excluding hydrogens is 381 g/mol. The summed E-state index contributed by atoms with van der Waals surface area (Å²) >= 11 is 0. The molecule has 3 heterocycles. The van der Waals surface area contributed by atoms with E-state index >= 15 is 0 Å². The van der Waals surface area contributed by atoms with Crippen LogP contribution >= 0.6 is 0 Å². The summed E-state index contributed by atoms with van der Waals surface area (Å²) in [7, 11) is 0. The van der Waals surface area contributed by atoms with E-state index in [1.54, 1.807) is 18.6 Å². The van der Waals surface area contributed by atoms with Crippen molar-refractivity contribution in [2.24, 2.45) is 0 Å². The molecule has 0 radical (unpaired) electrons. The maximum absolute atomic E-state index is 13.7. The molecular formula is C20H23F3N6. The number of nitrogens with one attached hydrogen (secondary N) is 3. The van der Waals surface area contributed by atoms with Crippen LogP contribution in [0.15, 0.2) is 53.8 Å². The molecule has 2 aromatic rings. The number of hydrogen-bond acceptors (Lipinski definition) is 6. The van der Waals surface area contributed by atoms with Gasteiger partial charge in [-0.3, -0.25) is 9.97 Å². The average Bonchev–Trinajstić information content (AvgIpc) is 2.71. The van der Waals surface area contributed by atoms with Gasteiger partial charge in [-0.1, -0.05) is 6.07 Å². The zero-order valence-corrected chi connectivity index (χ0v) is 16.1. The largest absolute Gasteiger partial charge is 0.416 e. The number of dihydropyridines is 1. The standard InChI is InChI=1S/C20H23F3N6/c1-13-12-29(7-6-25-13)19-15(20(21,22)23)10-24-11-18(19)28-9-14-2-3-16-17(8-14)27-5-4-26-16/h2-5,8,11,13,24-25,28H,6-7,9-10,12H2,1H3. The number of nitrogens with zero attached hydrogens (tertiary/aromatic N) is 3. The summed E-state index contributed by atoms with van der Waals surface area (Å²) in [5.74, 6) is 0. The van der Waals surface area contributed by atoms with Crippen molar-refractivity contribution >= 4 is 11.0 Å². The maximum atomic E-state index is 13.7. The Bertz CT molecular complexity index is 953. The van der Waals surface area contributed by atoms with Gasteiger partial charge in [0, 0.05) is 57.4 Å². The van der Waals surface area contributed by atoms with E-state index in [4.69, 9.17) is 0 Å². The van der Waals surface area contributed by atoms with Gasteiger partial charge in [-0.2, -0.15) is 13.2 Å². The Hall–Kier alpha value is -2.81. The molecule has 154 valence electrons.